The zero-order chi connectivity index (χ0) is 19.4. The molecule has 0 fully saturated rings. The third-order valence-corrected chi connectivity index (χ3v) is 7.76. The van der Waals surface area contributed by atoms with Crippen LogP contribution in [0.4, 0.5) is 0 Å². The van der Waals surface area contributed by atoms with E-state index in [9.17, 15) is 9.59 Å². The van der Waals surface area contributed by atoms with Crippen LogP contribution < -0.4 is 0 Å². The van der Waals surface area contributed by atoms with Crippen LogP contribution in [0, 0.1) is 0 Å². The van der Waals surface area contributed by atoms with Crippen molar-refractivity contribution in [2.24, 2.45) is 0 Å². The van der Waals surface area contributed by atoms with Crippen molar-refractivity contribution in [1.29, 1.82) is 0 Å². The van der Waals surface area contributed by atoms with Crippen molar-refractivity contribution in [1.82, 2.24) is 0 Å². The standard InChI is InChI=1S/C20H26O2S4/c1-15(2)19(21)25-10-8-23-13-17-6-5-7-18(12-17)14-24-9-11-26-20(22)16(3)4/h5-7,12H,1,3,8-11,13-14H2,2,4H3. The van der Waals surface area contributed by atoms with E-state index in [1.165, 1.54) is 34.7 Å². The number of thioether (sulfide) groups is 4. The molecule has 0 aliphatic heterocycles. The monoisotopic (exact) mass is 426 g/mol. The summed E-state index contributed by atoms with van der Waals surface area (Å²) in [5.74, 6) is 5.48. The Kier molecular flexibility index (Phi) is 12.3. The van der Waals surface area contributed by atoms with Gasteiger partial charge in [0.2, 0.25) is 10.2 Å². The average molecular weight is 427 g/mol. The zero-order valence-electron chi connectivity index (χ0n) is 15.4. The first-order valence-corrected chi connectivity index (χ1v) is 12.6. The summed E-state index contributed by atoms with van der Waals surface area (Å²) in [5, 5.41) is 0.181. The van der Waals surface area contributed by atoms with Gasteiger partial charge in [0.25, 0.3) is 0 Å². The summed E-state index contributed by atoms with van der Waals surface area (Å²) in [6, 6.07) is 8.65. The Hall–Kier alpha value is -0.560. The predicted molar refractivity (Wildman–Crippen MR) is 123 cm³/mol. The van der Waals surface area contributed by atoms with Crippen LogP contribution in [0.3, 0.4) is 0 Å². The smallest absolute Gasteiger partial charge is 0.214 e. The molecule has 0 radical (unpaired) electrons. The van der Waals surface area contributed by atoms with Crippen molar-refractivity contribution in [2.75, 3.05) is 23.0 Å². The summed E-state index contributed by atoms with van der Waals surface area (Å²) in [6.07, 6.45) is 0. The lowest BCUT2D eigenvalue weighted by Gasteiger charge is -2.06. The van der Waals surface area contributed by atoms with Gasteiger partial charge in [-0.3, -0.25) is 9.59 Å². The number of hydrogen-bond acceptors (Lipinski definition) is 6. The van der Waals surface area contributed by atoms with Gasteiger partial charge in [-0.25, -0.2) is 0 Å². The third kappa shape index (κ3) is 10.6. The Morgan fingerprint density at radius 2 is 1.23 bits per heavy atom. The molecule has 1 aromatic rings. The molecule has 6 heteroatoms. The molecule has 0 aliphatic rings. The fourth-order valence-electron chi connectivity index (χ4n) is 1.82. The SMILES string of the molecule is C=C(C)C(=O)SCCSCc1cccc(CSCCSC(=O)C(=C)C)c1. The molecule has 0 aliphatic carbocycles. The maximum atomic E-state index is 11.5. The van der Waals surface area contributed by atoms with Crippen molar-refractivity contribution in [3.8, 4) is 0 Å². The Labute approximate surface area is 174 Å². The minimum Gasteiger partial charge on any atom is -0.282 e. The molecule has 26 heavy (non-hydrogen) atoms. The molecule has 0 heterocycles. The Morgan fingerprint density at radius 3 is 1.62 bits per heavy atom. The molecule has 142 valence electrons. The molecule has 0 N–H and O–H groups in total. The van der Waals surface area contributed by atoms with Crippen LogP contribution in [0.5, 0.6) is 0 Å². The molecule has 0 bridgehead atoms. The number of benzene rings is 1. The van der Waals surface area contributed by atoms with Crippen LogP contribution in [-0.4, -0.2) is 33.2 Å². The lowest BCUT2D eigenvalue weighted by atomic mass is 10.2. The lowest BCUT2D eigenvalue weighted by molar-refractivity contribution is -0.108. The molecule has 0 amide bonds. The fourth-order valence-corrected chi connectivity index (χ4v) is 5.41. The van der Waals surface area contributed by atoms with Gasteiger partial charge >= 0.3 is 0 Å². The Morgan fingerprint density at radius 1 is 0.808 bits per heavy atom. The third-order valence-electron chi connectivity index (χ3n) is 3.15. The second-order valence-corrected chi connectivity index (χ2v) is 10.1. The normalized spacial score (nSPS) is 10.5. The molecule has 1 aromatic carbocycles. The number of carbonyl (C=O) groups is 2. The van der Waals surface area contributed by atoms with Gasteiger partial charge < -0.3 is 0 Å². The van der Waals surface area contributed by atoms with Crippen molar-refractivity contribution < 1.29 is 9.59 Å². The largest absolute Gasteiger partial charge is 0.282 e. The van der Waals surface area contributed by atoms with Crippen LogP contribution in [0.1, 0.15) is 25.0 Å². The summed E-state index contributed by atoms with van der Waals surface area (Å²) in [6.45, 7) is 10.8. The van der Waals surface area contributed by atoms with Gasteiger partial charge in [0.05, 0.1) is 0 Å². The van der Waals surface area contributed by atoms with E-state index in [-0.39, 0.29) is 10.2 Å². The highest BCUT2D eigenvalue weighted by molar-refractivity contribution is 8.15. The number of carbonyl (C=O) groups excluding carboxylic acids is 2. The molecule has 0 aromatic heterocycles. The van der Waals surface area contributed by atoms with Gasteiger partial charge in [0.1, 0.15) is 0 Å². The van der Waals surface area contributed by atoms with E-state index < -0.39 is 0 Å². The summed E-state index contributed by atoms with van der Waals surface area (Å²) in [5.41, 5.74) is 3.87. The van der Waals surface area contributed by atoms with Gasteiger partial charge in [-0.05, 0) is 36.1 Å². The number of rotatable bonds is 12. The highest BCUT2D eigenvalue weighted by Crippen LogP contribution is 2.20. The topological polar surface area (TPSA) is 34.1 Å². The molecule has 0 atom stereocenters. The maximum Gasteiger partial charge on any atom is 0.214 e. The van der Waals surface area contributed by atoms with Gasteiger partial charge in [0.15, 0.2) is 0 Å². The van der Waals surface area contributed by atoms with Gasteiger partial charge in [-0.2, -0.15) is 23.5 Å². The van der Waals surface area contributed by atoms with Gasteiger partial charge in [-0.15, -0.1) is 0 Å². The van der Waals surface area contributed by atoms with E-state index in [2.05, 4.69) is 37.4 Å². The first kappa shape index (κ1) is 23.5. The van der Waals surface area contributed by atoms with E-state index in [1.54, 1.807) is 13.8 Å². The Bertz CT molecular complexity index is 589. The molecule has 0 unspecified atom stereocenters. The molecule has 0 saturated carbocycles. The van der Waals surface area contributed by atoms with Crippen molar-refractivity contribution >= 4 is 57.3 Å². The van der Waals surface area contributed by atoms with Crippen molar-refractivity contribution in [3.05, 3.63) is 59.7 Å². The summed E-state index contributed by atoms with van der Waals surface area (Å²) in [7, 11) is 0. The minimum atomic E-state index is 0.0905. The second kappa shape index (κ2) is 13.6. The molecular formula is C20H26O2S4. The first-order valence-electron chi connectivity index (χ1n) is 8.28. The molecule has 2 nitrogen and oxygen atoms in total. The fraction of sp³-hybridized carbons (Fsp3) is 0.400. The second-order valence-electron chi connectivity index (χ2n) is 5.76. The highest BCUT2D eigenvalue weighted by Gasteiger charge is 2.04. The summed E-state index contributed by atoms with van der Waals surface area (Å²) in [4.78, 5) is 22.9. The minimum absolute atomic E-state index is 0.0905. The average Bonchev–Trinajstić information content (AvgIpc) is 2.61. The predicted octanol–water partition coefficient (Wildman–Crippen LogP) is 5.82. The van der Waals surface area contributed by atoms with Crippen LogP contribution in [0.2, 0.25) is 0 Å². The molecule has 0 spiro atoms. The van der Waals surface area contributed by atoms with Crippen LogP contribution in [-0.2, 0) is 21.1 Å². The Balaban J connectivity index is 2.22. The first-order chi connectivity index (χ1) is 12.4. The molecule has 0 saturated heterocycles. The molecular weight excluding hydrogens is 400 g/mol. The van der Waals surface area contributed by atoms with Crippen LogP contribution >= 0.6 is 47.0 Å². The zero-order valence-corrected chi connectivity index (χ0v) is 18.7. The van der Waals surface area contributed by atoms with E-state index >= 15 is 0 Å². The highest BCUT2D eigenvalue weighted by atomic mass is 32.2. The van der Waals surface area contributed by atoms with Gasteiger partial charge in [-0.1, -0.05) is 60.9 Å². The lowest BCUT2D eigenvalue weighted by Crippen LogP contribution is -1.96. The van der Waals surface area contributed by atoms with E-state index in [0.717, 1.165) is 34.5 Å². The van der Waals surface area contributed by atoms with Crippen molar-refractivity contribution in [3.63, 3.8) is 0 Å². The number of hydrogen-bond donors (Lipinski definition) is 0. The van der Waals surface area contributed by atoms with E-state index in [0.29, 0.717) is 11.1 Å². The maximum absolute atomic E-state index is 11.5. The van der Waals surface area contributed by atoms with E-state index in [1.807, 2.05) is 23.5 Å². The summed E-state index contributed by atoms with van der Waals surface area (Å²) >= 11 is 6.39. The van der Waals surface area contributed by atoms with Gasteiger partial charge in [0, 0.05) is 34.5 Å². The molecule has 1 rings (SSSR count). The van der Waals surface area contributed by atoms with Crippen LogP contribution in [0.25, 0.3) is 0 Å². The van der Waals surface area contributed by atoms with E-state index in [4.69, 9.17) is 0 Å². The van der Waals surface area contributed by atoms with Crippen LogP contribution in [0.15, 0.2) is 48.6 Å². The van der Waals surface area contributed by atoms with Crippen molar-refractivity contribution in [2.45, 2.75) is 25.4 Å². The quantitative estimate of drug-likeness (QED) is 0.309. The summed E-state index contributed by atoms with van der Waals surface area (Å²) < 4.78 is 0.